The number of hydrogen-bond acceptors (Lipinski definition) is 3. The minimum atomic E-state index is 0.789. The van der Waals surface area contributed by atoms with Gasteiger partial charge in [0, 0.05) is 0 Å². The maximum Gasteiger partial charge on any atom is 0.122 e. The van der Waals surface area contributed by atoms with E-state index in [4.69, 9.17) is 4.74 Å². The van der Waals surface area contributed by atoms with Crippen molar-refractivity contribution in [2.45, 2.75) is 33.1 Å². The highest BCUT2D eigenvalue weighted by Crippen LogP contribution is 2.19. The summed E-state index contributed by atoms with van der Waals surface area (Å²) in [7, 11) is 0. The van der Waals surface area contributed by atoms with E-state index in [0.29, 0.717) is 0 Å². The van der Waals surface area contributed by atoms with Crippen LogP contribution in [0.15, 0.2) is 53.6 Å². The Labute approximate surface area is 133 Å². The third-order valence-corrected chi connectivity index (χ3v) is 3.39. The predicted octanol–water partition coefficient (Wildman–Crippen LogP) is 5.01. The fraction of sp³-hybridized carbons (Fsp3) is 0.316. The van der Waals surface area contributed by atoms with E-state index < -0.39 is 0 Å². The third-order valence-electron chi connectivity index (χ3n) is 3.39. The molecule has 3 heteroatoms. The van der Waals surface area contributed by atoms with Crippen LogP contribution in [0.25, 0.3) is 0 Å². The van der Waals surface area contributed by atoms with Crippen LogP contribution in [0, 0.1) is 6.92 Å². The van der Waals surface area contributed by atoms with E-state index in [2.05, 4.69) is 30.4 Å². The predicted molar refractivity (Wildman–Crippen MR) is 93.9 cm³/mol. The van der Waals surface area contributed by atoms with E-state index in [0.717, 1.165) is 35.6 Å². The van der Waals surface area contributed by atoms with Gasteiger partial charge in [0.1, 0.15) is 5.75 Å². The van der Waals surface area contributed by atoms with Crippen molar-refractivity contribution in [2.24, 2.45) is 5.10 Å². The molecule has 0 saturated heterocycles. The van der Waals surface area contributed by atoms with E-state index >= 15 is 0 Å². The second kappa shape index (κ2) is 8.88. The number of hydrogen-bond donors (Lipinski definition) is 1. The second-order valence-electron chi connectivity index (χ2n) is 5.32. The molecule has 116 valence electrons. The summed E-state index contributed by atoms with van der Waals surface area (Å²) in [6, 6.07) is 16.0. The molecule has 3 nitrogen and oxygen atoms in total. The van der Waals surface area contributed by atoms with E-state index in [1.165, 1.54) is 12.8 Å². The molecular formula is C19H24N2O. The second-order valence-corrected chi connectivity index (χ2v) is 5.32. The molecule has 0 unspecified atom stereocenters. The molecule has 2 aromatic rings. The van der Waals surface area contributed by atoms with Crippen LogP contribution in [0.4, 0.5) is 5.69 Å². The Kier molecular flexibility index (Phi) is 6.49. The van der Waals surface area contributed by atoms with Gasteiger partial charge in [-0.25, -0.2) is 0 Å². The summed E-state index contributed by atoms with van der Waals surface area (Å²) in [5.74, 6) is 0.962. The highest BCUT2D eigenvalue weighted by atomic mass is 16.5. The summed E-state index contributed by atoms with van der Waals surface area (Å²) in [5, 5.41) is 4.25. The van der Waals surface area contributed by atoms with Crippen LogP contribution in [0.2, 0.25) is 0 Å². The quantitative estimate of drug-likeness (QED) is 0.422. The van der Waals surface area contributed by atoms with Crippen LogP contribution in [0.3, 0.4) is 0 Å². The number of para-hydroxylation sites is 1. The molecule has 0 fully saturated rings. The van der Waals surface area contributed by atoms with E-state index in [1.54, 1.807) is 0 Å². The largest absolute Gasteiger partial charge is 0.493 e. The van der Waals surface area contributed by atoms with Gasteiger partial charge in [0.25, 0.3) is 0 Å². The van der Waals surface area contributed by atoms with Crippen molar-refractivity contribution in [1.29, 1.82) is 0 Å². The zero-order valence-electron chi connectivity index (χ0n) is 13.4. The SMILES string of the molecule is CCCCCOc1ccc(C=NNc2ccccc2)cc1C. The number of hydrazone groups is 1. The number of nitrogens with zero attached hydrogens (tertiary/aromatic N) is 1. The molecule has 0 aliphatic carbocycles. The first-order valence-corrected chi connectivity index (χ1v) is 7.87. The van der Waals surface area contributed by atoms with Gasteiger partial charge in [-0.05, 0) is 54.8 Å². The Bertz CT molecular complexity index is 594. The molecule has 0 bridgehead atoms. The molecular weight excluding hydrogens is 272 g/mol. The zero-order chi connectivity index (χ0) is 15.6. The zero-order valence-corrected chi connectivity index (χ0v) is 13.4. The van der Waals surface area contributed by atoms with Crippen molar-refractivity contribution < 1.29 is 4.74 Å². The van der Waals surface area contributed by atoms with Gasteiger partial charge in [-0.15, -0.1) is 0 Å². The van der Waals surface area contributed by atoms with Crippen molar-refractivity contribution in [3.8, 4) is 5.75 Å². The van der Waals surface area contributed by atoms with Gasteiger partial charge in [-0.2, -0.15) is 5.10 Å². The highest BCUT2D eigenvalue weighted by Gasteiger charge is 2.00. The molecule has 0 aliphatic rings. The summed E-state index contributed by atoms with van der Waals surface area (Å²) in [4.78, 5) is 0. The lowest BCUT2D eigenvalue weighted by atomic mass is 10.1. The average Bonchev–Trinajstić information content (AvgIpc) is 2.54. The third kappa shape index (κ3) is 5.24. The number of unbranched alkanes of at least 4 members (excludes halogenated alkanes) is 2. The lowest BCUT2D eigenvalue weighted by molar-refractivity contribution is 0.304. The number of anilines is 1. The first-order valence-electron chi connectivity index (χ1n) is 7.87. The molecule has 0 aromatic heterocycles. The lowest BCUT2D eigenvalue weighted by Gasteiger charge is -2.09. The number of benzene rings is 2. The number of rotatable bonds is 8. The Hall–Kier alpha value is -2.29. The van der Waals surface area contributed by atoms with Crippen LogP contribution >= 0.6 is 0 Å². The van der Waals surface area contributed by atoms with Crippen LogP contribution in [0.1, 0.15) is 37.3 Å². The highest BCUT2D eigenvalue weighted by molar-refractivity contribution is 5.80. The van der Waals surface area contributed by atoms with Crippen molar-refractivity contribution in [3.63, 3.8) is 0 Å². The minimum Gasteiger partial charge on any atom is -0.493 e. The van der Waals surface area contributed by atoms with Gasteiger partial charge in [0.15, 0.2) is 0 Å². The monoisotopic (exact) mass is 296 g/mol. The number of nitrogens with one attached hydrogen (secondary N) is 1. The van der Waals surface area contributed by atoms with E-state index in [-0.39, 0.29) is 0 Å². The van der Waals surface area contributed by atoms with Gasteiger partial charge in [0.05, 0.1) is 18.5 Å². The molecule has 2 rings (SSSR count). The van der Waals surface area contributed by atoms with Crippen molar-refractivity contribution in [1.82, 2.24) is 0 Å². The van der Waals surface area contributed by atoms with Gasteiger partial charge in [0.2, 0.25) is 0 Å². The summed E-state index contributed by atoms with van der Waals surface area (Å²) in [5.41, 5.74) is 6.19. The standard InChI is InChI=1S/C19H24N2O/c1-3-4-8-13-22-19-12-11-17(14-16(19)2)15-20-21-18-9-6-5-7-10-18/h5-7,9-12,14-15,21H,3-4,8,13H2,1-2H3. The Morgan fingerprint density at radius 1 is 1.09 bits per heavy atom. The molecule has 0 amide bonds. The molecule has 1 N–H and O–H groups in total. The topological polar surface area (TPSA) is 33.6 Å². The van der Waals surface area contributed by atoms with Crippen molar-refractivity contribution in [2.75, 3.05) is 12.0 Å². The molecule has 0 heterocycles. The van der Waals surface area contributed by atoms with Crippen LogP contribution in [-0.2, 0) is 0 Å². The summed E-state index contributed by atoms with van der Waals surface area (Å²) < 4.78 is 5.81. The van der Waals surface area contributed by atoms with E-state index in [9.17, 15) is 0 Å². The molecule has 0 radical (unpaired) electrons. The smallest absolute Gasteiger partial charge is 0.122 e. The molecule has 0 aliphatic heterocycles. The Morgan fingerprint density at radius 3 is 2.64 bits per heavy atom. The minimum absolute atomic E-state index is 0.789. The average molecular weight is 296 g/mol. The maximum atomic E-state index is 5.81. The molecule has 0 saturated carbocycles. The van der Waals surface area contributed by atoms with Crippen LogP contribution in [0.5, 0.6) is 5.75 Å². The number of aryl methyl sites for hydroxylation is 1. The van der Waals surface area contributed by atoms with Crippen LogP contribution < -0.4 is 10.2 Å². The van der Waals surface area contributed by atoms with Gasteiger partial charge < -0.3 is 4.74 Å². The fourth-order valence-corrected chi connectivity index (χ4v) is 2.14. The summed E-state index contributed by atoms with van der Waals surface area (Å²) in [6.45, 7) is 5.05. The normalized spacial score (nSPS) is 10.8. The first kappa shape index (κ1) is 16.1. The molecule has 0 spiro atoms. The maximum absolute atomic E-state index is 5.81. The summed E-state index contributed by atoms with van der Waals surface area (Å²) in [6.07, 6.45) is 5.36. The first-order chi connectivity index (χ1) is 10.8. The number of ether oxygens (including phenoxy) is 1. The summed E-state index contributed by atoms with van der Waals surface area (Å²) >= 11 is 0. The van der Waals surface area contributed by atoms with Gasteiger partial charge >= 0.3 is 0 Å². The van der Waals surface area contributed by atoms with Crippen molar-refractivity contribution in [3.05, 3.63) is 59.7 Å². The molecule has 2 aromatic carbocycles. The van der Waals surface area contributed by atoms with Crippen LogP contribution in [-0.4, -0.2) is 12.8 Å². The van der Waals surface area contributed by atoms with Crippen molar-refractivity contribution >= 4 is 11.9 Å². The lowest BCUT2D eigenvalue weighted by Crippen LogP contribution is -1.99. The molecule has 22 heavy (non-hydrogen) atoms. The molecule has 0 atom stereocenters. The Morgan fingerprint density at radius 2 is 1.91 bits per heavy atom. The van der Waals surface area contributed by atoms with Gasteiger partial charge in [-0.3, -0.25) is 5.43 Å². The van der Waals surface area contributed by atoms with Gasteiger partial charge in [-0.1, -0.05) is 38.0 Å². The fourth-order valence-electron chi connectivity index (χ4n) is 2.14. The van der Waals surface area contributed by atoms with E-state index in [1.807, 2.05) is 48.7 Å². The Balaban J connectivity index is 1.88.